The van der Waals surface area contributed by atoms with E-state index in [-0.39, 0.29) is 22.0 Å². The third-order valence-corrected chi connectivity index (χ3v) is 3.44. The average molecular weight is 355 g/mol. The lowest BCUT2D eigenvalue weighted by molar-refractivity contribution is -0.385. The lowest BCUT2D eigenvalue weighted by Crippen LogP contribution is -2.04. The summed E-state index contributed by atoms with van der Waals surface area (Å²) < 4.78 is 18.9. The molecular formula is C14H12BrFN2O3. The van der Waals surface area contributed by atoms with Gasteiger partial charge in [0.25, 0.3) is 0 Å². The largest absolute Gasteiger partial charge is 0.450 e. The van der Waals surface area contributed by atoms with Crippen molar-refractivity contribution >= 4 is 21.6 Å². The molecule has 110 valence electrons. The molecule has 0 radical (unpaired) electrons. The Balaban J connectivity index is 2.34. The zero-order chi connectivity index (χ0) is 15.6. The molecule has 0 saturated heterocycles. The summed E-state index contributed by atoms with van der Waals surface area (Å²) in [7, 11) is 0. The summed E-state index contributed by atoms with van der Waals surface area (Å²) in [6, 6.07) is 8.67. The molecule has 2 N–H and O–H groups in total. The number of halogens is 2. The van der Waals surface area contributed by atoms with E-state index in [0.717, 1.165) is 17.7 Å². The SMILES string of the molecule is C[C@H](N)c1ccc(Oc2cc(F)c(Br)cc2[N+](=O)[O-])cc1. The number of hydrogen-bond acceptors (Lipinski definition) is 4. The molecule has 0 fully saturated rings. The first-order valence-electron chi connectivity index (χ1n) is 6.05. The van der Waals surface area contributed by atoms with E-state index in [1.807, 2.05) is 6.92 Å². The summed E-state index contributed by atoms with van der Waals surface area (Å²) in [5.74, 6) is -0.429. The van der Waals surface area contributed by atoms with E-state index >= 15 is 0 Å². The number of nitrogens with two attached hydrogens (primary N) is 1. The molecule has 0 aliphatic carbocycles. The molecule has 0 spiro atoms. The van der Waals surface area contributed by atoms with E-state index in [9.17, 15) is 14.5 Å². The molecular weight excluding hydrogens is 343 g/mol. The number of nitrogens with zero attached hydrogens (tertiary/aromatic N) is 1. The number of ether oxygens (including phenoxy) is 1. The second-order valence-electron chi connectivity index (χ2n) is 4.45. The summed E-state index contributed by atoms with van der Waals surface area (Å²) in [5.41, 5.74) is 6.31. The van der Waals surface area contributed by atoms with Gasteiger partial charge in [-0.05, 0) is 40.5 Å². The van der Waals surface area contributed by atoms with Gasteiger partial charge in [0.05, 0.1) is 9.40 Å². The maximum atomic E-state index is 13.5. The molecule has 7 heteroatoms. The van der Waals surface area contributed by atoms with Crippen LogP contribution in [0.4, 0.5) is 10.1 Å². The van der Waals surface area contributed by atoms with Gasteiger partial charge in [-0.2, -0.15) is 0 Å². The normalized spacial score (nSPS) is 12.0. The molecule has 5 nitrogen and oxygen atoms in total. The highest BCUT2D eigenvalue weighted by Gasteiger charge is 2.19. The number of nitro benzene ring substituents is 1. The molecule has 0 aromatic heterocycles. The first-order valence-corrected chi connectivity index (χ1v) is 6.84. The summed E-state index contributed by atoms with van der Waals surface area (Å²) in [4.78, 5) is 10.4. The molecule has 2 aromatic carbocycles. The van der Waals surface area contributed by atoms with E-state index in [1.165, 1.54) is 0 Å². The van der Waals surface area contributed by atoms with Crippen molar-refractivity contribution in [3.05, 3.63) is 62.4 Å². The summed E-state index contributed by atoms with van der Waals surface area (Å²) in [6.45, 7) is 1.84. The van der Waals surface area contributed by atoms with Gasteiger partial charge in [0.1, 0.15) is 11.6 Å². The molecule has 2 rings (SSSR count). The maximum absolute atomic E-state index is 13.5. The first kappa shape index (κ1) is 15.4. The van der Waals surface area contributed by atoms with Crippen LogP contribution in [-0.4, -0.2) is 4.92 Å². The Kier molecular flexibility index (Phi) is 4.54. The van der Waals surface area contributed by atoms with Gasteiger partial charge in [0, 0.05) is 18.2 Å². The summed E-state index contributed by atoms with van der Waals surface area (Å²) >= 11 is 2.91. The number of benzene rings is 2. The number of rotatable bonds is 4. The van der Waals surface area contributed by atoms with Gasteiger partial charge in [0.2, 0.25) is 5.75 Å². The third-order valence-electron chi connectivity index (χ3n) is 2.83. The van der Waals surface area contributed by atoms with Gasteiger partial charge in [-0.3, -0.25) is 10.1 Å². The van der Waals surface area contributed by atoms with Gasteiger partial charge in [-0.1, -0.05) is 12.1 Å². The van der Waals surface area contributed by atoms with E-state index in [2.05, 4.69) is 15.9 Å². The predicted molar refractivity (Wildman–Crippen MR) is 79.9 cm³/mol. The second kappa shape index (κ2) is 6.19. The molecule has 0 saturated carbocycles. The Morgan fingerprint density at radius 2 is 1.95 bits per heavy atom. The van der Waals surface area contributed by atoms with Crippen LogP contribution in [0, 0.1) is 15.9 Å². The molecule has 0 heterocycles. The molecule has 0 bridgehead atoms. The number of nitro groups is 1. The zero-order valence-corrected chi connectivity index (χ0v) is 12.6. The Bertz CT molecular complexity index is 675. The zero-order valence-electron chi connectivity index (χ0n) is 11.0. The van der Waals surface area contributed by atoms with Crippen LogP contribution in [0.2, 0.25) is 0 Å². The van der Waals surface area contributed by atoms with Crippen LogP contribution in [0.1, 0.15) is 18.5 Å². The average Bonchev–Trinajstić information content (AvgIpc) is 2.43. The van der Waals surface area contributed by atoms with E-state index < -0.39 is 10.7 Å². The highest BCUT2D eigenvalue weighted by Crippen LogP contribution is 2.35. The van der Waals surface area contributed by atoms with Crippen molar-refractivity contribution in [2.75, 3.05) is 0 Å². The van der Waals surface area contributed by atoms with Crippen molar-refractivity contribution in [2.45, 2.75) is 13.0 Å². The lowest BCUT2D eigenvalue weighted by Gasteiger charge is -2.09. The molecule has 21 heavy (non-hydrogen) atoms. The quantitative estimate of drug-likeness (QED) is 0.655. The first-order chi connectivity index (χ1) is 9.88. The third kappa shape index (κ3) is 3.56. The monoisotopic (exact) mass is 354 g/mol. The molecule has 0 aliphatic heterocycles. The minimum atomic E-state index is -0.636. The van der Waals surface area contributed by atoms with Crippen molar-refractivity contribution in [2.24, 2.45) is 5.73 Å². The summed E-state index contributed by atoms with van der Waals surface area (Å²) in [5, 5.41) is 11.0. The van der Waals surface area contributed by atoms with Crippen LogP contribution in [0.5, 0.6) is 11.5 Å². The minimum absolute atomic E-state index is 0.00820. The van der Waals surface area contributed by atoms with Crippen LogP contribution >= 0.6 is 15.9 Å². The topological polar surface area (TPSA) is 78.4 Å². The van der Waals surface area contributed by atoms with E-state index in [0.29, 0.717) is 5.75 Å². The van der Waals surface area contributed by atoms with Gasteiger partial charge in [-0.25, -0.2) is 4.39 Å². The molecule has 2 aromatic rings. The Hall–Kier alpha value is -1.99. The molecule has 1 atom stereocenters. The Morgan fingerprint density at radius 3 is 2.48 bits per heavy atom. The molecule has 0 unspecified atom stereocenters. The summed E-state index contributed by atoms with van der Waals surface area (Å²) in [6.07, 6.45) is 0. The highest BCUT2D eigenvalue weighted by molar-refractivity contribution is 9.10. The lowest BCUT2D eigenvalue weighted by atomic mass is 10.1. The van der Waals surface area contributed by atoms with Crippen LogP contribution in [0.25, 0.3) is 0 Å². The van der Waals surface area contributed by atoms with E-state index in [4.69, 9.17) is 10.5 Å². The van der Waals surface area contributed by atoms with Crippen LogP contribution in [-0.2, 0) is 0 Å². The fourth-order valence-corrected chi connectivity index (χ4v) is 2.04. The van der Waals surface area contributed by atoms with Crippen molar-refractivity contribution in [1.29, 1.82) is 0 Å². The van der Waals surface area contributed by atoms with Gasteiger partial charge >= 0.3 is 5.69 Å². The van der Waals surface area contributed by atoms with Gasteiger partial charge < -0.3 is 10.5 Å². The smallest absolute Gasteiger partial charge is 0.312 e. The Labute approximate surface area is 128 Å². The van der Waals surface area contributed by atoms with Crippen molar-refractivity contribution in [3.8, 4) is 11.5 Å². The van der Waals surface area contributed by atoms with Crippen molar-refractivity contribution in [1.82, 2.24) is 0 Å². The minimum Gasteiger partial charge on any atom is -0.450 e. The van der Waals surface area contributed by atoms with Crippen LogP contribution in [0.15, 0.2) is 40.9 Å². The molecule has 0 aliphatic rings. The standard InChI is InChI=1S/C14H12BrFN2O3/c1-8(17)9-2-4-10(5-3-9)21-14-7-12(16)11(15)6-13(14)18(19)20/h2-8H,17H2,1H3/t8-/m0/s1. The fraction of sp³-hybridized carbons (Fsp3) is 0.143. The fourth-order valence-electron chi connectivity index (χ4n) is 1.71. The van der Waals surface area contributed by atoms with Crippen LogP contribution < -0.4 is 10.5 Å². The van der Waals surface area contributed by atoms with Gasteiger partial charge in [0.15, 0.2) is 0 Å². The highest BCUT2D eigenvalue weighted by atomic mass is 79.9. The second-order valence-corrected chi connectivity index (χ2v) is 5.31. The number of hydrogen-bond donors (Lipinski definition) is 1. The van der Waals surface area contributed by atoms with E-state index in [1.54, 1.807) is 24.3 Å². The molecule has 0 amide bonds. The maximum Gasteiger partial charge on any atom is 0.312 e. The van der Waals surface area contributed by atoms with Crippen LogP contribution in [0.3, 0.4) is 0 Å². The van der Waals surface area contributed by atoms with Gasteiger partial charge in [-0.15, -0.1) is 0 Å². The van der Waals surface area contributed by atoms with Crippen molar-refractivity contribution in [3.63, 3.8) is 0 Å². The van der Waals surface area contributed by atoms with Crippen molar-refractivity contribution < 1.29 is 14.1 Å². The Morgan fingerprint density at radius 1 is 1.33 bits per heavy atom. The predicted octanol–water partition coefficient (Wildman–Crippen LogP) is 4.31.